The van der Waals surface area contributed by atoms with Crippen molar-refractivity contribution in [3.8, 4) is 0 Å². The molecule has 0 aliphatic carbocycles. The average molecular weight is 188 g/mol. The van der Waals surface area contributed by atoms with E-state index in [1.54, 1.807) is 0 Å². The van der Waals surface area contributed by atoms with Crippen LogP contribution < -0.4 is 0 Å². The van der Waals surface area contributed by atoms with Crippen LogP contribution in [0.25, 0.3) is 0 Å². The zero-order valence-corrected chi connectivity index (χ0v) is 9.47. The van der Waals surface area contributed by atoms with E-state index in [1.165, 1.54) is 12.8 Å². The van der Waals surface area contributed by atoms with E-state index in [-0.39, 0.29) is 6.10 Å². The van der Waals surface area contributed by atoms with Crippen LogP contribution in [0.2, 0.25) is 0 Å². The molecule has 2 heteroatoms. The van der Waals surface area contributed by atoms with E-state index in [9.17, 15) is 5.11 Å². The fraction of sp³-hybridized carbons (Fsp3) is 1.00. The predicted molar refractivity (Wildman–Crippen MR) is 55.9 cm³/mol. The number of rotatable bonds is 7. The van der Waals surface area contributed by atoms with Gasteiger partial charge in [-0.2, -0.15) is 0 Å². The Bertz CT molecular complexity index is 121. The van der Waals surface area contributed by atoms with Crippen LogP contribution in [0.3, 0.4) is 0 Å². The zero-order valence-electron chi connectivity index (χ0n) is 9.47. The van der Waals surface area contributed by atoms with E-state index in [1.807, 2.05) is 20.8 Å². The highest BCUT2D eigenvalue weighted by Gasteiger charge is 2.27. The Morgan fingerprint density at radius 2 is 1.92 bits per heavy atom. The van der Waals surface area contributed by atoms with E-state index in [0.29, 0.717) is 6.61 Å². The fourth-order valence-corrected chi connectivity index (χ4v) is 1.37. The second kappa shape index (κ2) is 6.39. The Morgan fingerprint density at radius 1 is 1.31 bits per heavy atom. The summed E-state index contributed by atoms with van der Waals surface area (Å²) in [6.07, 6.45) is 4.24. The molecule has 0 aromatic rings. The smallest absolute Gasteiger partial charge is 0.0877 e. The summed E-state index contributed by atoms with van der Waals surface area (Å²) in [5.74, 6) is 0. The lowest BCUT2D eigenvalue weighted by Gasteiger charge is -2.30. The average Bonchev–Trinajstić information content (AvgIpc) is 2.05. The SMILES string of the molecule is CCCCCC(C)(O)C(C)OCC. The van der Waals surface area contributed by atoms with Crippen molar-refractivity contribution < 1.29 is 9.84 Å². The molecule has 0 aliphatic heterocycles. The number of unbranched alkanes of at least 4 members (excludes halogenated alkanes) is 2. The highest BCUT2D eigenvalue weighted by atomic mass is 16.5. The van der Waals surface area contributed by atoms with E-state index < -0.39 is 5.60 Å². The second-order valence-electron chi connectivity index (χ2n) is 3.91. The first-order valence-electron chi connectivity index (χ1n) is 5.38. The number of hydrogen-bond acceptors (Lipinski definition) is 2. The Labute approximate surface area is 82.3 Å². The van der Waals surface area contributed by atoms with Crippen LogP contribution in [-0.4, -0.2) is 23.4 Å². The van der Waals surface area contributed by atoms with Crippen molar-refractivity contribution >= 4 is 0 Å². The quantitative estimate of drug-likeness (QED) is 0.622. The maximum absolute atomic E-state index is 10.0. The normalized spacial score (nSPS) is 18.2. The fourth-order valence-electron chi connectivity index (χ4n) is 1.37. The molecule has 0 saturated heterocycles. The van der Waals surface area contributed by atoms with Gasteiger partial charge < -0.3 is 9.84 Å². The first-order chi connectivity index (χ1) is 6.04. The minimum absolute atomic E-state index is 0.0608. The summed E-state index contributed by atoms with van der Waals surface area (Å²) in [6, 6.07) is 0. The first kappa shape index (κ1) is 12.9. The molecule has 0 bridgehead atoms. The largest absolute Gasteiger partial charge is 0.387 e. The van der Waals surface area contributed by atoms with Crippen LogP contribution in [0.1, 0.15) is 53.4 Å². The molecule has 0 rings (SSSR count). The van der Waals surface area contributed by atoms with Crippen LogP contribution in [0.15, 0.2) is 0 Å². The summed E-state index contributed by atoms with van der Waals surface area (Å²) in [5, 5.41) is 10.0. The third kappa shape index (κ3) is 5.27. The minimum atomic E-state index is -0.662. The molecule has 0 spiro atoms. The predicted octanol–water partition coefficient (Wildman–Crippen LogP) is 2.74. The van der Waals surface area contributed by atoms with Crippen LogP contribution in [-0.2, 0) is 4.74 Å². The topological polar surface area (TPSA) is 29.5 Å². The monoisotopic (exact) mass is 188 g/mol. The van der Waals surface area contributed by atoms with Crippen LogP contribution in [0, 0.1) is 0 Å². The lowest BCUT2D eigenvalue weighted by atomic mass is 9.93. The lowest BCUT2D eigenvalue weighted by molar-refractivity contribution is -0.0915. The van der Waals surface area contributed by atoms with Gasteiger partial charge in [-0.05, 0) is 27.2 Å². The van der Waals surface area contributed by atoms with Crippen molar-refractivity contribution in [2.75, 3.05) is 6.61 Å². The Kier molecular flexibility index (Phi) is 6.35. The van der Waals surface area contributed by atoms with E-state index >= 15 is 0 Å². The van der Waals surface area contributed by atoms with Gasteiger partial charge in [-0.3, -0.25) is 0 Å². The van der Waals surface area contributed by atoms with Gasteiger partial charge in [-0.15, -0.1) is 0 Å². The molecule has 0 fully saturated rings. The van der Waals surface area contributed by atoms with Gasteiger partial charge in [0.1, 0.15) is 0 Å². The van der Waals surface area contributed by atoms with Crippen molar-refractivity contribution in [1.29, 1.82) is 0 Å². The summed E-state index contributed by atoms with van der Waals surface area (Å²) in [4.78, 5) is 0. The van der Waals surface area contributed by atoms with E-state index in [0.717, 1.165) is 12.8 Å². The molecule has 2 unspecified atom stereocenters. The molecule has 0 aromatic heterocycles. The molecule has 0 aromatic carbocycles. The maximum atomic E-state index is 10.0. The number of aliphatic hydroxyl groups is 1. The number of hydrogen-bond donors (Lipinski definition) is 1. The summed E-state index contributed by atoms with van der Waals surface area (Å²) in [5.41, 5.74) is -0.662. The molecule has 2 nitrogen and oxygen atoms in total. The summed E-state index contributed by atoms with van der Waals surface area (Å²) in [6.45, 7) is 8.60. The summed E-state index contributed by atoms with van der Waals surface area (Å²) < 4.78 is 5.39. The third-order valence-corrected chi connectivity index (χ3v) is 2.58. The van der Waals surface area contributed by atoms with Crippen molar-refractivity contribution in [1.82, 2.24) is 0 Å². The lowest BCUT2D eigenvalue weighted by Crippen LogP contribution is -2.39. The standard InChI is InChI=1S/C11H24O2/c1-5-7-8-9-11(4,12)10(3)13-6-2/h10,12H,5-9H2,1-4H3. The van der Waals surface area contributed by atoms with E-state index in [2.05, 4.69) is 6.92 Å². The molecule has 0 saturated carbocycles. The first-order valence-corrected chi connectivity index (χ1v) is 5.38. The molecular formula is C11H24O2. The zero-order chi connectivity index (χ0) is 10.3. The molecule has 0 amide bonds. The van der Waals surface area contributed by atoms with Crippen LogP contribution in [0.5, 0.6) is 0 Å². The molecule has 0 heterocycles. The molecule has 13 heavy (non-hydrogen) atoms. The molecule has 80 valence electrons. The van der Waals surface area contributed by atoms with Gasteiger partial charge in [0.05, 0.1) is 11.7 Å². The van der Waals surface area contributed by atoms with Gasteiger partial charge in [-0.25, -0.2) is 0 Å². The van der Waals surface area contributed by atoms with Gasteiger partial charge in [0, 0.05) is 6.61 Å². The van der Waals surface area contributed by atoms with Gasteiger partial charge in [-0.1, -0.05) is 26.2 Å². The van der Waals surface area contributed by atoms with Gasteiger partial charge in [0.2, 0.25) is 0 Å². The van der Waals surface area contributed by atoms with Gasteiger partial charge in [0.15, 0.2) is 0 Å². The van der Waals surface area contributed by atoms with Crippen LogP contribution in [0.4, 0.5) is 0 Å². The highest BCUT2D eigenvalue weighted by Crippen LogP contribution is 2.20. The second-order valence-corrected chi connectivity index (χ2v) is 3.91. The molecule has 0 radical (unpaired) electrons. The number of ether oxygens (including phenoxy) is 1. The molecule has 1 N–H and O–H groups in total. The Hall–Kier alpha value is -0.0800. The Balaban J connectivity index is 3.76. The highest BCUT2D eigenvalue weighted by molar-refractivity contribution is 4.79. The molecule has 2 atom stereocenters. The van der Waals surface area contributed by atoms with Crippen molar-refractivity contribution in [2.45, 2.75) is 65.1 Å². The summed E-state index contributed by atoms with van der Waals surface area (Å²) >= 11 is 0. The van der Waals surface area contributed by atoms with Gasteiger partial charge >= 0.3 is 0 Å². The van der Waals surface area contributed by atoms with Gasteiger partial charge in [0.25, 0.3) is 0 Å². The maximum Gasteiger partial charge on any atom is 0.0877 e. The Morgan fingerprint density at radius 3 is 2.38 bits per heavy atom. The van der Waals surface area contributed by atoms with Crippen LogP contribution >= 0.6 is 0 Å². The summed E-state index contributed by atoms with van der Waals surface area (Å²) in [7, 11) is 0. The third-order valence-electron chi connectivity index (χ3n) is 2.58. The van der Waals surface area contributed by atoms with Crippen molar-refractivity contribution in [3.63, 3.8) is 0 Å². The molecular weight excluding hydrogens is 164 g/mol. The van der Waals surface area contributed by atoms with Crippen molar-refractivity contribution in [3.05, 3.63) is 0 Å². The minimum Gasteiger partial charge on any atom is -0.387 e. The van der Waals surface area contributed by atoms with E-state index in [4.69, 9.17) is 4.74 Å². The van der Waals surface area contributed by atoms with Crippen molar-refractivity contribution in [2.24, 2.45) is 0 Å². The molecule has 0 aliphatic rings.